The number of hydrogen-bond acceptors (Lipinski definition) is 6. The number of halogens is 2. The number of anilines is 4. The van der Waals surface area contributed by atoms with Gasteiger partial charge < -0.3 is 15.4 Å². The molecule has 2 N–H and O–H groups in total. The number of nitrogens with one attached hydrogen (secondary N) is 2. The van der Waals surface area contributed by atoms with E-state index < -0.39 is 0 Å². The quantitative estimate of drug-likeness (QED) is 0.654. The third kappa shape index (κ3) is 4.10. The molecule has 0 atom stereocenters. The van der Waals surface area contributed by atoms with Crippen molar-refractivity contribution in [3.05, 3.63) is 58.2 Å². The lowest BCUT2D eigenvalue weighted by Gasteiger charge is -2.12. The first-order chi connectivity index (χ1) is 12.1. The topological polar surface area (TPSA) is 72.0 Å². The number of ether oxygens (including phenoxy) is 1. The Kier molecular flexibility index (Phi) is 5.21. The van der Waals surface area contributed by atoms with E-state index in [1.165, 1.54) is 6.20 Å². The predicted molar refractivity (Wildman–Crippen MR) is 101 cm³/mol. The van der Waals surface area contributed by atoms with Crippen LogP contribution < -0.4 is 15.4 Å². The molecule has 2 aromatic carbocycles. The van der Waals surface area contributed by atoms with E-state index in [2.05, 4.69) is 25.8 Å². The minimum atomic E-state index is 0.344. The third-order valence-electron chi connectivity index (χ3n) is 3.50. The van der Waals surface area contributed by atoms with Gasteiger partial charge in [0.2, 0.25) is 5.95 Å². The summed E-state index contributed by atoms with van der Waals surface area (Å²) in [5.74, 6) is 1.48. The van der Waals surface area contributed by atoms with Gasteiger partial charge in [-0.05, 0) is 42.8 Å². The van der Waals surface area contributed by atoms with E-state index in [9.17, 15) is 0 Å². The van der Waals surface area contributed by atoms with Gasteiger partial charge in [0.25, 0.3) is 0 Å². The van der Waals surface area contributed by atoms with Crippen LogP contribution in [0, 0.1) is 6.92 Å². The van der Waals surface area contributed by atoms with Gasteiger partial charge in [-0.3, -0.25) is 0 Å². The van der Waals surface area contributed by atoms with Crippen LogP contribution >= 0.6 is 23.2 Å². The number of nitrogens with zero attached hydrogens (tertiary/aromatic N) is 3. The van der Waals surface area contributed by atoms with Crippen LogP contribution in [0.3, 0.4) is 0 Å². The van der Waals surface area contributed by atoms with Crippen LogP contribution in [0.4, 0.5) is 23.1 Å². The summed E-state index contributed by atoms with van der Waals surface area (Å²) in [6.45, 7) is 1.91. The van der Waals surface area contributed by atoms with Gasteiger partial charge in [-0.25, -0.2) is 0 Å². The van der Waals surface area contributed by atoms with Crippen LogP contribution in [0.15, 0.2) is 42.6 Å². The number of hydrogen-bond donors (Lipinski definition) is 2. The fourth-order valence-corrected chi connectivity index (χ4v) is 2.54. The summed E-state index contributed by atoms with van der Waals surface area (Å²) in [6, 6.07) is 10.8. The Bertz CT molecular complexity index is 904. The Labute approximate surface area is 155 Å². The molecule has 3 aromatic rings. The first-order valence-corrected chi connectivity index (χ1v) is 8.15. The second kappa shape index (κ2) is 7.55. The SMILES string of the molecule is COc1ccc(Cl)cc1Nc1cnnc(Nc2cccc(Cl)c2C)n1. The molecule has 0 saturated carbocycles. The molecule has 25 heavy (non-hydrogen) atoms. The smallest absolute Gasteiger partial charge is 0.249 e. The highest BCUT2D eigenvalue weighted by molar-refractivity contribution is 6.31. The van der Waals surface area contributed by atoms with Gasteiger partial charge in [0, 0.05) is 15.7 Å². The Balaban J connectivity index is 1.85. The van der Waals surface area contributed by atoms with Crippen molar-refractivity contribution in [2.75, 3.05) is 17.7 Å². The van der Waals surface area contributed by atoms with E-state index in [0.717, 1.165) is 11.3 Å². The van der Waals surface area contributed by atoms with E-state index in [0.29, 0.717) is 33.2 Å². The second-order valence-corrected chi connectivity index (χ2v) is 6.02. The van der Waals surface area contributed by atoms with Gasteiger partial charge in [-0.1, -0.05) is 29.3 Å². The Hall–Kier alpha value is -2.57. The van der Waals surface area contributed by atoms with Crippen molar-refractivity contribution in [3.8, 4) is 5.75 Å². The molecule has 0 bridgehead atoms. The minimum Gasteiger partial charge on any atom is -0.495 e. The number of rotatable bonds is 5. The summed E-state index contributed by atoms with van der Waals surface area (Å²) in [7, 11) is 1.58. The predicted octanol–water partition coefficient (Wildman–Crippen LogP) is 4.98. The van der Waals surface area contributed by atoms with Crippen molar-refractivity contribution in [2.45, 2.75) is 6.92 Å². The molecule has 0 spiro atoms. The van der Waals surface area contributed by atoms with Crippen LogP contribution in [-0.2, 0) is 0 Å². The molecular weight excluding hydrogens is 361 g/mol. The van der Waals surface area contributed by atoms with Gasteiger partial charge in [-0.15, -0.1) is 5.10 Å². The Morgan fingerprint density at radius 2 is 1.88 bits per heavy atom. The van der Waals surface area contributed by atoms with Crippen LogP contribution in [0.1, 0.15) is 5.56 Å². The highest BCUT2D eigenvalue weighted by Gasteiger charge is 2.08. The van der Waals surface area contributed by atoms with Gasteiger partial charge >= 0.3 is 0 Å². The zero-order valence-electron chi connectivity index (χ0n) is 13.5. The molecular formula is C17H15Cl2N5O. The molecule has 1 aromatic heterocycles. The van der Waals surface area contributed by atoms with Crippen molar-refractivity contribution in [2.24, 2.45) is 0 Å². The molecule has 0 fully saturated rings. The molecule has 128 valence electrons. The zero-order valence-corrected chi connectivity index (χ0v) is 15.1. The first-order valence-electron chi connectivity index (χ1n) is 7.39. The fourth-order valence-electron chi connectivity index (χ4n) is 2.20. The molecule has 0 aliphatic carbocycles. The standard InChI is InChI=1S/C17H15Cl2N5O/c1-10-12(19)4-3-5-13(10)22-17-23-16(9-20-24-17)21-14-8-11(18)6-7-15(14)25-2/h3-9H,1-2H3,(H2,21,22,23,24). The maximum absolute atomic E-state index is 6.13. The molecule has 0 amide bonds. The van der Waals surface area contributed by atoms with Crippen molar-refractivity contribution in [1.29, 1.82) is 0 Å². The lowest BCUT2D eigenvalue weighted by molar-refractivity contribution is 0.417. The van der Waals surface area contributed by atoms with Crippen molar-refractivity contribution in [3.63, 3.8) is 0 Å². The Morgan fingerprint density at radius 3 is 2.68 bits per heavy atom. The minimum absolute atomic E-state index is 0.344. The molecule has 0 aliphatic rings. The lowest BCUT2D eigenvalue weighted by atomic mass is 10.2. The summed E-state index contributed by atoms with van der Waals surface area (Å²) < 4.78 is 5.31. The molecule has 8 heteroatoms. The van der Waals surface area contributed by atoms with Gasteiger partial charge in [0.1, 0.15) is 5.75 Å². The van der Waals surface area contributed by atoms with Crippen molar-refractivity contribution in [1.82, 2.24) is 15.2 Å². The van der Waals surface area contributed by atoms with Gasteiger partial charge in [0.05, 0.1) is 19.0 Å². The van der Waals surface area contributed by atoms with Gasteiger partial charge in [0.15, 0.2) is 5.82 Å². The number of aromatic nitrogens is 3. The van der Waals surface area contributed by atoms with Crippen molar-refractivity contribution < 1.29 is 4.74 Å². The maximum atomic E-state index is 6.13. The van der Waals surface area contributed by atoms with Crippen molar-refractivity contribution >= 4 is 46.3 Å². The van der Waals surface area contributed by atoms with Crippen LogP contribution in [-0.4, -0.2) is 22.3 Å². The molecule has 3 rings (SSSR count). The zero-order chi connectivity index (χ0) is 17.8. The number of benzene rings is 2. The Morgan fingerprint density at radius 1 is 1.04 bits per heavy atom. The maximum Gasteiger partial charge on any atom is 0.249 e. The molecule has 0 saturated heterocycles. The molecule has 6 nitrogen and oxygen atoms in total. The molecule has 1 heterocycles. The van der Waals surface area contributed by atoms with E-state index in [-0.39, 0.29) is 0 Å². The summed E-state index contributed by atoms with van der Waals surface area (Å²) in [4.78, 5) is 4.40. The fraction of sp³-hybridized carbons (Fsp3) is 0.118. The third-order valence-corrected chi connectivity index (χ3v) is 4.14. The van der Waals surface area contributed by atoms with Crippen LogP contribution in [0.25, 0.3) is 0 Å². The monoisotopic (exact) mass is 375 g/mol. The summed E-state index contributed by atoms with van der Waals surface area (Å²) in [5, 5.41) is 15.4. The molecule has 0 unspecified atom stereocenters. The van der Waals surface area contributed by atoms with E-state index in [1.807, 2.05) is 25.1 Å². The van der Waals surface area contributed by atoms with Crippen LogP contribution in [0.5, 0.6) is 5.75 Å². The highest BCUT2D eigenvalue weighted by Crippen LogP contribution is 2.30. The normalized spacial score (nSPS) is 10.4. The number of methoxy groups -OCH3 is 1. The summed E-state index contributed by atoms with van der Waals surface area (Å²) in [5.41, 5.74) is 2.40. The average Bonchev–Trinajstić information content (AvgIpc) is 2.60. The van der Waals surface area contributed by atoms with E-state index in [1.54, 1.807) is 25.3 Å². The second-order valence-electron chi connectivity index (χ2n) is 5.17. The van der Waals surface area contributed by atoms with Gasteiger partial charge in [-0.2, -0.15) is 10.1 Å². The summed E-state index contributed by atoms with van der Waals surface area (Å²) in [6.07, 6.45) is 1.51. The highest BCUT2D eigenvalue weighted by atomic mass is 35.5. The first kappa shape index (κ1) is 17.3. The lowest BCUT2D eigenvalue weighted by Crippen LogP contribution is -2.04. The molecule has 0 aliphatic heterocycles. The van der Waals surface area contributed by atoms with E-state index >= 15 is 0 Å². The van der Waals surface area contributed by atoms with E-state index in [4.69, 9.17) is 27.9 Å². The average molecular weight is 376 g/mol. The largest absolute Gasteiger partial charge is 0.495 e. The van der Waals surface area contributed by atoms with Crippen LogP contribution in [0.2, 0.25) is 10.0 Å². The molecule has 0 radical (unpaired) electrons. The summed E-state index contributed by atoms with van der Waals surface area (Å²) >= 11 is 12.2.